The molecule has 114 valence electrons. The highest BCUT2D eigenvalue weighted by molar-refractivity contribution is 7.89. The summed E-state index contributed by atoms with van der Waals surface area (Å²) in [5.41, 5.74) is 0. The van der Waals surface area contributed by atoms with Gasteiger partial charge in [-0.3, -0.25) is 0 Å². The predicted molar refractivity (Wildman–Crippen MR) is 79.4 cm³/mol. The molecule has 1 heterocycles. The van der Waals surface area contributed by atoms with Crippen molar-refractivity contribution in [3.8, 4) is 0 Å². The van der Waals surface area contributed by atoms with Crippen LogP contribution in [0.25, 0.3) is 0 Å². The number of hydrogen-bond acceptors (Lipinski definition) is 3. The Morgan fingerprint density at radius 2 is 2.05 bits per heavy atom. The Kier molecular flexibility index (Phi) is 5.09. The highest BCUT2D eigenvalue weighted by atomic mass is 35.5. The van der Waals surface area contributed by atoms with Gasteiger partial charge in [0.1, 0.15) is 5.82 Å². The van der Waals surface area contributed by atoms with Gasteiger partial charge < -0.3 is 4.57 Å². The lowest BCUT2D eigenvalue weighted by Crippen LogP contribution is -2.42. The maximum absolute atomic E-state index is 12.8. The van der Waals surface area contributed by atoms with Crippen LogP contribution in [0.5, 0.6) is 0 Å². The Hall–Kier alpha value is -0.590. The predicted octanol–water partition coefficient (Wildman–Crippen LogP) is 2.29. The van der Waals surface area contributed by atoms with Crippen LogP contribution >= 0.6 is 11.6 Å². The van der Waals surface area contributed by atoms with Crippen molar-refractivity contribution >= 4 is 21.6 Å². The second kappa shape index (κ2) is 6.45. The molecule has 1 aliphatic rings. The topological polar surface area (TPSA) is 55.2 Å². The van der Waals surface area contributed by atoms with E-state index in [-0.39, 0.29) is 11.1 Å². The van der Waals surface area contributed by atoms with E-state index >= 15 is 0 Å². The van der Waals surface area contributed by atoms with Crippen LogP contribution in [-0.4, -0.2) is 40.7 Å². The first-order valence-electron chi connectivity index (χ1n) is 7.04. The van der Waals surface area contributed by atoms with E-state index in [1.165, 1.54) is 6.42 Å². The van der Waals surface area contributed by atoms with Crippen molar-refractivity contribution in [3.63, 3.8) is 0 Å². The molecule has 2 rings (SSSR count). The molecule has 0 aliphatic heterocycles. The number of aryl methyl sites for hydroxylation is 2. The summed E-state index contributed by atoms with van der Waals surface area (Å²) in [4.78, 5) is 4.17. The van der Waals surface area contributed by atoms with Crippen molar-refractivity contribution in [2.75, 3.05) is 12.4 Å². The van der Waals surface area contributed by atoms with Gasteiger partial charge >= 0.3 is 0 Å². The molecule has 1 fully saturated rings. The lowest BCUT2D eigenvalue weighted by Gasteiger charge is -2.32. The molecule has 0 unspecified atom stereocenters. The summed E-state index contributed by atoms with van der Waals surface area (Å²) in [5, 5.41) is 0.133. The van der Waals surface area contributed by atoms with Crippen LogP contribution in [0, 0.1) is 6.92 Å². The van der Waals surface area contributed by atoms with Gasteiger partial charge in [-0.25, -0.2) is 13.4 Å². The zero-order chi connectivity index (χ0) is 14.8. The van der Waals surface area contributed by atoms with Gasteiger partial charge in [-0.1, -0.05) is 19.3 Å². The van der Waals surface area contributed by atoms with Gasteiger partial charge in [0.05, 0.1) is 0 Å². The summed E-state index contributed by atoms with van der Waals surface area (Å²) >= 11 is 5.81. The summed E-state index contributed by atoms with van der Waals surface area (Å²) in [6, 6.07) is 0.0646. The van der Waals surface area contributed by atoms with Crippen LogP contribution in [0.3, 0.4) is 0 Å². The fourth-order valence-corrected chi connectivity index (χ4v) is 4.72. The third kappa shape index (κ3) is 3.18. The van der Waals surface area contributed by atoms with E-state index in [0.29, 0.717) is 18.2 Å². The first-order chi connectivity index (χ1) is 9.46. The number of alkyl halides is 1. The lowest BCUT2D eigenvalue weighted by atomic mass is 9.95. The van der Waals surface area contributed by atoms with Gasteiger partial charge in [-0.15, -0.1) is 11.6 Å². The van der Waals surface area contributed by atoms with Crippen LogP contribution in [0.4, 0.5) is 0 Å². The van der Waals surface area contributed by atoms with Gasteiger partial charge in [0, 0.05) is 31.7 Å². The number of sulfonamides is 1. The molecule has 0 spiro atoms. The largest absolute Gasteiger partial charge is 0.337 e. The van der Waals surface area contributed by atoms with Crippen molar-refractivity contribution in [1.29, 1.82) is 0 Å². The summed E-state index contributed by atoms with van der Waals surface area (Å²) in [6.45, 7) is 2.15. The number of imidazole rings is 1. The van der Waals surface area contributed by atoms with Crippen molar-refractivity contribution in [1.82, 2.24) is 13.9 Å². The van der Waals surface area contributed by atoms with E-state index in [1.54, 1.807) is 29.0 Å². The van der Waals surface area contributed by atoms with Crippen LogP contribution in [0.2, 0.25) is 0 Å². The van der Waals surface area contributed by atoms with Gasteiger partial charge in [-0.05, 0) is 19.8 Å². The van der Waals surface area contributed by atoms with Gasteiger partial charge in [0.2, 0.25) is 0 Å². The second-order valence-electron chi connectivity index (χ2n) is 5.33. The van der Waals surface area contributed by atoms with E-state index in [1.807, 2.05) is 0 Å². The molecular weight excluding hydrogens is 298 g/mol. The molecule has 0 radical (unpaired) electrons. The smallest absolute Gasteiger partial charge is 0.262 e. The number of halogens is 1. The molecule has 1 aliphatic carbocycles. The Bertz CT molecular complexity index is 530. The monoisotopic (exact) mass is 319 g/mol. The quantitative estimate of drug-likeness (QED) is 0.782. The third-order valence-corrected chi connectivity index (χ3v) is 5.94. The van der Waals surface area contributed by atoms with Crippen LogP contribution in [0.15, 0.2) is 11.2 Å². The maximum Gasteiger partial charge on any atom is 0.262 e. The van der Waals surface area contributed by atoms with Crippen LogP contribution < -0.4 is 0 Å². The normalized spacial score (nSPS) is 17.8. The Morgan fingerprint density at radius 3 is 2.55 bits per heavy atom. The van der Waals surface area contributed by atoms with Crippen molar-refractivity contribution in [2.24, 2.45) is 7.05 Å². The third-order valence-electron chi connectivity index (χ3n) is 3.95. The molecule has 1 aromatic heterocycles. The molecule has 7 heteroatoms. The zero-order valence-corrected chi connectivity index (χ0v) is 13.6. The Labute approximate surface area is 126 Å². The van der Waals surface area contributed by atoms with E-state index < -0.39 is 10.0 Å². The molecule has 0 atom stereocenters. The molecular formula is C13H22ClN3O2S. The van der Waals surface area contributed by atoms with Crippen molar-refractivity contribution in [2.45, 2.75) is 50.1 Å². The summed E-state index contributed by atoms with van der Waals surface area (Å²) < 4.78 is 28.8. The maximum atomic E-state index is 12.8. The van der Waals surface area contributed by atoms with E-state index in [4.69, 9.17) is 11.6 Å². The minimum absolute atomic E-state index is 0.0646. The number of nitrogens with zero attached hydrogens (tertiary/aromatic N) is 3. The van der Waals surface area contributed by atoms with E-state index in [9.17, 15) is 8.42 Å². The molecule has 20 heavy (non-hydrogen) atoms. The molecule has 0 saturated heterocycles. The highest BCUT2D eigenvalue weighted by Crippen LogP contribution is 2.27. The van der Waals surface area contributed by atoms with Crippen molar-refractivity contribution < 1.29 is 8.42 Å². The molecule has 1 saturated carbocycles. The first kappa shape index (κ1) is 15.8. The Morgan fingerprint density at radius 1 is 1.40 bits per heavy atom. The standard InChI is InChI=1S/C13H22ClN3O2S/c1-11-15-13(10-16(11)2)20(18,19)17(9-8-14)12-6-4-3-5-7-12/h10,12H,3-9H2,1-2H3. The fourth-order valence-electron chi connectivity index (χ4n) is 2.72. The lowest BCUT2D eigenvalue weighted by molar-refractivity contribution is 0.261. The highest BCUT2D eigenvalue weighted by Gasteiger charge is 2.33. The van der Waals surface area contributed by atoms with Crippen LogP contribution in [-0.2, 0) is 17.1 Å². The number of aromatic nitrogens is 2. The molecule has 0 bridgehead atoms. The number of hydrogen-bond donors (Lipinski definition) is 0. The zero-order valence-electron chi connectivity index (χ0n) is 12.0. The summed E-state index contributed by atoms with van der Waals surface area (Å²) in [5.74, 6) is 1.000. The fraction of sp³-hybridized carbons (Fsp3) is 0.769. The molecule has 0 amide bonds. The van der Waals surface area contributed by atoms with Gasteiger partial charge in [0.15, 0.2) is 5.03 Å². The SMILES string of the molecule is Cc1nc(S(=O)(=O)N(CCCl)C2CCCCC2)cn1C. The van der Waals surface area contributed by atoms with Gasteiger partial charge in [-0.2, -0.15) is 4.31 Å². The summed E-state index contributed by atoms with van der Waals surface area (Å²) in [6.07, 6.45) is 6.77. The molecule has 5 nitrogen and oxygen atoms in total. The first-order valence-corrected chi connectivity index (χ1v) is 9.02. The second-order valence-corrected chi connectivity index (χ2v) is 7.55. The van der Waals surface area contributed by atoms with Crippen molar-refractivity contribution in [3.05, 3.63) is 12.0 Å². The minimum Gasteiger partial charge on any atom is -0.337 e. The van der Waals surface area contributed by atoms with Gasteiger partial charge in [0.25, 0.3) is 10.0 Å². The Balaban J connectivity index is 2.31. The van der Waals surface area contributed by atoms with E-state index in [2.05, 4.69) is 4.98 Å². The number of rotatable bonds is 5. The summed E-state index contributed by atoms with van der Waals surface area (Å²) in [7, 11) is -1.75. The molecule has 0 N–H and O–H groups in total. The average Bonchev–Trinajstić information content (AvgIpc) is 2.77. The molecule has 1 aromatic rings. The van der Waals surface area contributed by atoms with E-state index in [0.717, 1.165) is 25.7 Å². The average molecular weight is 320 g/mol. The minimum atomic E-state index is -3.55. The molecule has 0 aromatic carbocycles. The van der Waals surface area contributed by atoms with Crippen LogP contribution in [0.1, 0.15) is 37.9 Å².